The molecular formula is C14H18N2O. The molecule has 3 nitrogen and oxygen atoms in total. The summed E-state index contributed by atoms with van der Waals surface area (Å²) >= 11 is 0. The van der Waals surface area contributed by atoms with Crippen LogP contribution >= 0.6 is 0 Å². The first kappa shape index (κ1) is 11.7. The molecule has 1 aliphatic heterocycles. The summed E-state index contributed by atoms with van der Waals surface area (Å²) < 4.78 is 0. The monoisotopic (exact) mass is 230 g/mol. The average molecular weight is 230 g/mol. The maximum absolute atomic E-state index is 12.3. The van der Waals surface area contributed by atoms with Crippen molar-refractivity contribution in [2.45, 2.75) is 13.3 Å². The zero-order chi connectivity index (χ0) is 12.1. The summed E-state index contributed by atoms with van der Waals surface area (Å²) in [6.45, 7) is 4.39. The summed E-state index contributed by atoms with van der Waals surface area (Å²) in [5.41, 5.74) is 1.69. The number of hydrogen-bond donors (Lipinski definition) is 1. The van der Waals surface area contributed by atoms with Gasteiger partial charge in [0, 0.05) is 25.3 Å². The van der Waals surface area contributed by atoms with E-state index in [-0.39, 0.29) is 5.91 Å². The van der Waals surface area contributed by atoms with E-state index in [1.54, 1.807) is 0 Å². The number of para-hydroxylation sites is 1. The first-order valence-electron chi connectivity index (χ1n) is 6.10. The van der Waals surface area contributed by atoms with Crippen molar-refractivity contribution in [1.29, 1.82) is 0 Å². The predicted molar refractivity (Wildman–Crippen MR) is 70.3 cm³/mol. The smallest absolute Gasteiger partial charge is 0.256 e. The molecule has 1 aromatic rings. The fourth-order valence-corrected chi connectivity index (χ4v) is 2.01. The Hall–Kier alpha value is -1.77. The Bertz CT molecular complexity index is 426. The number of benzene rings is 1. The van der Waals surface area contributed by atoms with E-state index >= 15 is 0 Å². The molecular weight excluding hydrogens is 212 g/mol. The second-order valence-electron chi connectivity index (χ2n) is 4.09. The molecule has 0 spiro atoms. The van der Waals surface area contributed by atoms with Crippen LogP contribution in [0.5, 0.6) is 0 Å². The molecule has 17 heavy (non-hydrogen) atoms. The van der Waals surface area contributed by atoms with Crippen LogP contribution in [-0.2, 0) is 0 Å². The van der Waals surface area contributed by atoms with Gasteiger partial charge in [-0.2, -0.15) is 0 Å². The van der Waals surface area contributed by atoms with Crippen molar-refractivity contribution in [3.05, 3.63) is 42.0 Å². The van der Waals surface area contributed by atoms with Gasteiger partial charge >= 0.3 is 0 Å². The van der Waals surface area contributed by atoms with Gasteiger partial charge in [0.25, 0.3) is 5.91 Å². The van der Waals surface area contributed by atoms with Crippen LogP contribution in [0.4, 0.5) is 5.69 Å². The Kier molecular flexibility index (Phi) is 3.81. The van der Waals surface area contributed by atoms with Gasteiger partial charge in [-0.3, -0.25) is 4.79 Å². The minimum Gasteiger partial charge on any atom is -0.385 e. The predicted octanol–water partition coefficient (Wildman–Crippen LogP) is 2.52. The molecule has 90 valence electrons. The molecule has 0 bridgehead atoms. The van der Waals surface area contributed by atoms with Crippen molar-refractivity contribution in [3.8, 4) is 0 Å². The lowest BCUT2D eigenvalue weighted by Crippen LogP contribution is -2.34. The third-order valence-electron chi connectivity index (χ3n) is 2.87. The highest BCUT2D eigenvalue weighted by molar-refractivity contribution is 5.99. The number of nitrogens with one attached hydrogen (secondary N) is 1. The highest BCUT2D eigenvalue weighted by Gasteiger charge is 2.18. The minimum absolute atomic E-state index is 0.117. The van der Waals surface area contributed by atoms with Crippen LogP contribution in [0, 0.1) is 0 Å². The van der Waals surface area contributed by atoms with Crippen molar-refractivity contribution in [3.63, 3.8) is 0 Å². The Morgan fingerprint density at radius 3 is 2.88 bits per heavy atom. The van der Waals surface area contributed by atoms with Gasteiger partial charge in [0.05, 0.1) is 5.56 Å². The summed E-state index contributed by atoms with van der Waals surface area (Å²) in [7, 11) is 0. The number of carbonyl (C=O) groups excluding carboxylic acids is 1. The number of rotatable bonds is 3. The summed E-state index contributed by atoms with van der Waals surface area (Å²) in [5, 5.41) is 3.23. The third kappa shape index (κ3) is 2.67. The molecule has 0 saturated heterocycles. The van der Waals surface area contributed by atoms with Crippen molar-refractivity contribution >= 4 is 11.6 Å². The summed E-state index contributed by atoms with van der Waals surface area (Å²) in [6.07, 6.45) is 5.13. The second-order valence-corrected chi connectivity index (χ2v) is 4.09. The first-order valence-corrected chi connectivity index (χ1v) is 6.10. The molecule has 0 unspecified atom stereocenters. The lowest BCUT2D eigenvalue weighted by atomic mass is 10.1. The Morgan fingerprint density at radius 1 is 1.35 bits per heavy atom. The third-order valence-corrected chi connectivity index (χ3v) is 2.87. The lowest BCUT2D eigenvalue weighted by molar-refractivity contribution is 0.0772. The van der Waals surface area contributed by atoms with E-state index in [9.17, 15) is 4.79 Å². The fraction of sp³-hybridized carbons (Fsp3) is 0.357. The van der Waals surface area contributed by atoms with Gasteiger partial charge in [-0.05, 0) is 25.5 Å². The molecule has 3 heteroatoms. The quantitative estimate of drug-likeness (QED) is 0.809. The normalized spacial score (nSPS) is 14.8. The molecule has 0 radical (unpaired) electrons. The number of nitrogens with zero attached hydrogens (tertiary/aromatic N) is 1. The van der Waals surface area contributed by atoms with E-state index in [0.717, 1.165) is 37.3 Å². The fourth-order valence-electron chi connectivity index (χ4n) is 2.01. The van der Waals surface area contributed by atoms with Crippen LogP contribution in [0.1, 0.15) is 23.7 Å². The summed E-state index contributed by atoms with van der Waals surface area (Å²) in [5.74, 6) is 0.117. The standard InChI is InChI=1S/C14H18N2O/c1-2-15-13-9-5-4-8-12(13)14(17)16-10-6-3-7-11-16/h3-6,8-9,15H,2,7,10-11H2,1H3. The van der Waals surface area contributed by atoms with Crippen molar-refractivity contribution < 1.29 is 4.79 Å². The number of carbonyl (C=O) groups is 1. The van der Waals surface area contributed by atoms with Gasteiger partial charge in [-0.1, -0.05) is 24.3 Å². The zero-order valence-electron chi connectivity index (χ0n) is 10.1. The van der Waals surface area contributed by atoms with Crippen LogP contribution in [0.25, 0.3) is 0 Å². The van der Waals surface area contributed by atoms with Crippen LogP contribution in [0.2, 0.25) is 0 Å². The van der Waals surface area contributed by atoms with E-state index in [4.69, 9.17) is 0 Å². The highest BCUT2D eigenvalue weighted by Crippen LogP contribution is 2.18. The van der Waals surface area contributed by atoms with Crippen LogP contribution in [0.15, 0.2) is 36.4 Å². The van der Waals surface area contributed by atoms with Crippen LogP contribution < -0.4 is 5.32 Å². The largest absolute Gasteiger partial charge is 0.385 e. The SMILES string of the molecule is CCNc1ccccc1C(=O)N1CC=CCC1. The van der Waals surface area contributed by atoms with E-state index in [1.165, 1.54) is 0 Å². The number of hydrogen-bond acceptors (Lipinski definition) is 2. The van der Waals surface area contributed by atoms with Crippen molar-refractivity contribution in [2.24, 2.45) is 0 Å². The molecule has 0 atom stereocenters. The maximum atomic E-state index is 12.3. The highest BCUT2D eigenvalue weighted by atomic mass is 16.2. The van der Waals surface area contributed by atoms with E-state index < -0.39 is 0 Å². The first-order chi connectivity index (χ1) is 8.33. The van der Waals surface area contributed by atoms with Gasteiger partial charge in [-0.25, -0.2) is 0 Å². The van der Waals surface area contributed by atoms with Crippen LogP contribution in [-0.4, -0.2) is 30.4 Å². The van der Waals surface area contributed by atoms with Gasteiger partial charge in [0.15, 0.2) is 0 Å². The van der Waals surface area contributed by atoms with E-state index in [0.29, 0.717) is 0 Å². The molecule has 0 aliphatic carbocycles. The number of anilines is 1. The molecule has 1 heterocycles. The van der Waals surface area contributed by atoms with E-state index in [2.05, 4.69) is 17.5 Å². The van der Waals surface area contributed by atoms with Gasteiger partial charge in [-0.15, -0.1) is 0 Å². The summed E-state index contributed by atoms with van der Waals surface area (Å²) in [4.78, 5) is 14.2. The topological polar surface area (TPSA) is 32.3 Å². The molecule has 2 rings (SSSR count). The molecule has 1 amide bonds. The maximum Gasteiger partial charge on any atom is 0.256 e. The zero-order valence-corrected chi connectivity index (χ0v) is 10.1. The molecule has 1 aromatic carbocycles. The average Bonchev–Trinajstić information content (AvgIpc) is 2.40. The van der Waals surface area contributed by atoms with E-state index in [1.807, 2.05) is 36.1 Å². The minimum atomic E-state index is 0.117. The Balaban J connectivity index is 2.20. The molecule has 0 fully saturated rings. The molecule has 1 aliphatic rings. The Labute approximate surface area is 102 Å². The van der Waals surface area contributed by atoms with Crippen LogP contribution in [0.3, 0.4) is 0 Å². The van der Waals surface area contributed by atoms with Crippen molar-refractivity contribution in [2.75, 3.05) is 25.0 Å². The van der Waals surface area contributed by atoms with Gasteiger partial charge < -0.3 is 10.2 Å². The number of amides is 1. The Morgan fingerprint density at radius 2 is 2.18 bits per heavy atom. The molecule has 0 aromatic heterocycles. The molecule has 1 N–H and O–H groups in total. The van der Waals surface area contributed by atoms with Gasteiger partial charge in [0.1, 0.15) is 0 Å². The second kappa shape index (κ2) is 5.53. The van der Waals surface area contributed by atoms with Gasteiger partial charge in [0.2, 0.25) is 0 Å². The van der Waals surface area contributed by atoms with Crippen molar-refractivity contribution in [1.82, 2.24) is 4.90 Å². The lowest BCUT2D eigenvalue weighted by Gasteiger charge is -2.24. The molecule has 0 saturated carbocycles. The summed E-state index contributed by atoms with van der Waals surface area (Å²) in [6, 6.07) is 7.70.